The Kier molecular flexibility index (Phi) is 6.65. The molecular formula is C49H31N3O. The second-order valence-electron chi connectivity index (χ2n) is 13.9. The van der Waals surface area contributed by atoms with E-state index in [2.05, 4.69) is 170 Å². The molecule has 248 valence electrons. The Morgan fingerprint density at radius 1 is 0.434 bits per heavy atom. The third-order valence-electron chi connectivity index (χ3n) is 10.8. The van der Waals surface area contributed by atoms with E-state index in [-0.39, 0.29) is 12.0 Å². The van der Waals surface area contributed by atoms with Crippen molar-refractivity contribution in [1.29, 1.82) is 0 Å². The van der Waals surface area contributed by atoms with Gasteiger partial charge in [0.25, 0.3) is 0 Å². The average molecular weight is 678 g/mol. The molecule has 2 aliphatic rings. The molecule has 1 aromatic heterocycles. The molecule has 9 aromatic rings. The number of ether oxygens (including phenoxy) is 1. The molecule has 0 N–H and O–H groups in total. The van der Waals surface area contributed by atoms with E-state index >= 15 is 0 Å². The standard InChI is InChI=1S/C49H31N3O/c1-2-13-31-26-34(25-24-30(31)12-1)47-50-48(52-49(51-47)43-28-33-15-4-5-16-36(33)38-18-7-8-19-39(38)43)35-27-32-14-3-6-17-37(32)42(29-35)40-21-11-23-45-46(40)41-20-9-10-22-44(41)53-45/h1-29,45-46H. The number of hydrogen-bond acceptors (Lipinski definition) is 4. The van der Waals surface area contributed by atoms with Crippen LogP contribution in [0.15, 0.2) is 176 Å². The van der Waals surface area contributed by atoms with Gasteiger partial charge in [-0.3, -0.25) is 0 Å². The lowest BCUT2D eigenvalue weighted by Gasteiger charge is -2.24. The molecule has 0 amide bonds. The highest BCUT2D eigenvalue weighted by molar-refractivity contribution is 6.13. The topological polar surface area (TPSA) is 47.9 Å². The van der Waals surface area contributed by atoms with Crippen LogP contribution in [0.5, 0.6) is 5.75 Å². The fourth-order valence-corrected chi connectivity index (χ4v) is 8.36. The van der Waals surface area contributed by atoms with Crippen molar-refractivity contribution in [3.63, 3.8) is 0 Å². The van der Waals surface area contributed by atoms with E-state index in [1.807, 2.05) is 6.07 Å². The summed E-state index contributed by atoms with van der Waals surface area (Å²) in [5.41, 5.74) is 6.46. The minimum absolute atomic E-state index is 0.0562. The van der Waals surface area contributed by atoms with Crippen molar-refractivity contribution in [3.05, 3.63) is 187 Å². The molecule has 0 fully saturated rings. The Balaban J connectivity index is 1.17. The van der Waals surface area contributed by atoms with Crippen molar-refractivity contribution in [2.75, 3.05) is 0 Å². The van der Waals surface area contributed by atoms with E-state index in [0.29, 0.717) is 17.5 Å². The summed E-state index contributed by atoms with van der Waals surface area (Å²) < 4.78 is 6.45. The van der Waals surface area contributed by atoms with E-state index in [1.165, 1.54) is 32.7 Å². The first-order valence-corrected chi connectivity index (χ1v) is 18.1. The predicted octanol–water partition coefficient (Wildman–Crippen LogP) is 12.0. The number of allylic oxidation sites excluding steroid dienone is 2. The summed E-state index contributed by atoms with van der Waals surface area (Å²) in [5.74, 6) is 2.95. The lowest BCUT2D eigenvalue weighted by Crippen LogP contribution is -2.19. The fraction of sp³-hybridized carbons (Fsp3) is 0.0408. The molecule has 0 saturated carbocycles. The van der Waals surface area contributed by atoms with Gasteiger partial charge in [0.05, 0.1) is 5.92 Å². The van der Waals surface area contributed by atoms with Gasteiger partial charge in [-0.1, -0.05) is 140 Å². The van der Waals surface area contributed by atoms with Crippen molar-refractivity contribution in [1.82, 2.24) is 15.0 Å². The third kappa shape index (κ3) is 4.87. The van der Waals surface area contributed by atoms with E-state index < -0.39 is 0 Å². The van der Waals surface area contributed by atoms with Crippen LogP contribution in [0.25, 0.3) is 82.8 Å². The van der Waals surface area contributed by atoms with Crippen LogP contribution < -0.4 is 4.74 Å². The lowest BCUT2D eigenvalue weighted by atomic mass is 9.79. The maximum Gasteiger partial charge on any atom is 0.164 e. The summed E-state index contributed by atoms with van der Waals surface area (Å²) in [6.45, 7) is 0. The molecule has 11 rings (SSSR count). The van der Waals surface area contributed by atoms with Gasteiger partial charge in [0.15, 0.2) is 17.5 Å². The smallest absolute Gasteiger partial charge is 0.164 e. The van der Waals surface area contributed by atoms with Crippen molar-refractivity contribution in [2.24, 2.45) is 0 Å². The maximum atomic E-state index is 6.45. The Hall–Kier alpha value is -6.91. The van der Waals surface area contributed by atoms with Crippen LogP contribution in [-0.2, 0) is 0 Å². The average Bonchev–Trinajstić information content (AvgIpc) is 3.62. The summed E-state index contributed by atoms with van der Waals surface area (Å²) in [4.78, 5) is 15.8. The van der Waals surface area contributed by atoms with Crippen molar-refractivity contribution < 1.29 is 4.74 Å². The SMILES string of the molecule is C1=CC2Oc3ccccc3C2C(c2cc(-c3nc(-c4ccc5ccccc5c4)nc(-c4cc5ccccc5c5ccccc45)n3)cc3ccccc23)=C1. The van der Waals surface area contributed by atoms with Crippen LogP contribution in [0.3, 0.4) is 0 Å². The minimum Gasteiger partial charge on any atom is -0.485 e. The molecule has 1 aliphatic heterocycles. The molecular weight excluding hydrogens is 647 g/mol. The molecule has 1 aliphatic carbocycles. The first-order chi connectivity index (χ1) is 26.2. The summed E-state index contributed by atoms with van der Waals surface area (Å²) in [7, 11) is 0. The number of hydrogen-bond donors (Lipinski definition) is 0. The maximum absolute atomic E-state index is 6.45. The molecule has 2 heterocycles. The molecule has 0 spiro atoms. The van der Waals surface area contributed by atoms with Gasteiger partial charge in [-0.25, -0.2) is 15.0 Å². The highest BCUT2D eigenvalue weighted by Gasteiger charge is 2.37. The summed E-state index contributed by atoms with van der Waals surface area (Å²) in [6.07, 6.45) is 6.49. The number of nitrogens with zero attached hydrogens (tertiary/aromatic N) is 3. The zero-order valence-corrected chi connectivity index (χ0v) is 28.6. The Morgan fingerprint density at radius 3 is 1.91 bits per heavy atom. The van der Waals surface area contributed by atoms with Crippen LogP contribution >= 0.6 is 0 Å². The molecule has 0 saturated heterocycles. The second kappa shape index (κ2) is 11.8. The van der Waals surface area contributed by atoms with Crippen molar-refractivity contribution >= 4 is 48.7 Å². The van der Waals surface area contributed by atoms with E-state index in [1.54, 1.807) is 0 Å². The van der Waals surface area contributed by atoms with Gasteiger partial charge in [-0.2, -0.15) is 0 Å². The number of aromatic nitrogens is 3. The molecule has 4 nitrogen and oxygen atoms in total. The molecule has 2 atom stereocenters. The molecule has 8 aromatic carbocycles. The fourth-order valence-electron chi connectivity index (χ4n) is 8.36. The number of fused-ring (bicyclic) bond motifs is 8. The van der Waals surface area contributed by atoms with Gasteiger partial charge in [0.2, 0.25) is 0 Å². The lowest BCUT2D eigenvalue weighted by molar-refractivity contribution is 0.271. The van der Waals surface area contributed by atoms with Gasteiger partial charge in [0, 0.05) is 22.3 Å². The molecule has 2 unspecified atom stereocenters. The molecule has 0 radical (unpaired) electrons. The largest absolute Gasteiger partial charge is 0.485 e. The molecule has 4 heteroatoms. The molecule has 53 heavy (non-hydrogen) atoms. The highest BCUT2D eigenvalue weighted by atomic mass is 16.5. The zero-order valence-electron chi connectivity index (χ0n) is 28.6. The third-order valence-corrected chi connectivity index (χ3v) is 10.8. The zero-order chi connectivity index (χ0) is 34.9. The number of benzene rings is 8. The first-order valence-electron chi connectivity index (χ1n) is 18.1. The van der Waals surface area contributed by atoms with Crippen molar-refractivity contribution in [2.45, 2.75) is 12.0 Å². The Morgan fingerprint density at radius 2 is 1.06 bits per heavy atom. The monoisotopic (exact) mass is 677 g/mol. The quantitative estimate of drug-likeness (QED) is 0.174. The molecule has 0 bridgehead atoms. The van der Waals surface area contributed by atoms with E-state index in [4.69, 9.17) is 19.7 Å². The number of rotatable bonds is 4. The summed E-state index contributed by atoms with van der Waals surface area (Å²) in [5, 5.41) is 9.27. The van der Waals surface area contributed by atoms with Gasteiger partial charge < -0.3 is 4.74 Å². The van der Waals surface area contributed by atoms with Gasteiger partial charge in [0.1, 0.15) is 11.9 Å². The van der Waals surface area contributed by atoms with Crippen LogP contribution in [0.2, 0.25) is 0 Å². The first kappa shape index (κ1) is 29.8. The normalized spacial score (nSPS) is 16.1. The van der Waals surface area contributed by atoms with Crippen LogP contribution in [0.1, 0.15) is 17.0 Å². The van der Waals surface area contributed by atoms with Crippen LogP contribution in [0, 0.1) is 0 Å². The Labute approximate surface area is 306 Å². The van der Waals surface area contributed by atoms with Crippen LogP contribution in [0.4, 0.5) is 0 Å². The second-order valence-corrected chi connectivity index (χ2v) is 13.9. The van der Waals surface area contributed by atoms with Gasteiger partial charge in [-0.05, 0) is 90.6 Å². The summed E-state index contributed by atoms with van der Waals surface area (Å²) in [6, 6.07) is 55.7. The van der Waals surface area contributed by atoms with E-state index in [9.17, 15) is 0 Å². The van der Waals surface area contributed by atoms with Crippen LogP contribution in [-0.4, -0.2) is 21.1 Å². The predicted molar refractivity (Wildman–Crippen MR) is 217 cm³/mol. The van der Waals surface area contributed by atoms with Gasteiger partial charge >= 0.3 is 0 Å². The summed E-state index contributed by atoms with van der Waals surface area (Å²) >= 11 is 0. The van der Waals surface area contributed by atoms with E-state index in [0.717, 1.165) is 49.5 Å². The number of para-hydroxylation sites is 1. The minimum atomic E-state index is -0.0562. The Bertz CT molecular complexity index is 3010. The van der Waals surface area contributed by atoms with Gasteiger partial charge in [-0.15, -0.1) is 0 Å². The van der Waals surface area contributed by atoms with Crippen molar-refractivity contribution in [3.8, 4) is 39.9 Å². The highest BCUT2D eigenvalue weighted by Crippen LogP contribution is 2.49.